The van der Waals surface area contributed by atoms with Crippen LogP contribution in [0.2, 0.25) is 0 Å². The summed E-state index contributed by atoms with van der Waals surface area (Å²) in [5.74, 6) is -0.693. The SMILES string of the molecule is C[C@H](NC(=O)C(C)(C)C)C(N)=O. The molecule has 70 valence electrons. The lowest BCUT2D eigenvalue weighted by Crippen LogP contribution is -2.46. The number of nitrogens with two attached hydrogens (primary N) is 1. The third-order valence-electron chi connectivity index (χ3n) is 1.46. The monoisotopic (exact) mass is 172 g/mol. The molecule has 1 atom stereocenters. The van der Waals surface area contributed by atoms with Crippen LogP contribution in [0.4, 0.5) is 0 Å². The smallest absolute Gasteiger partial charge is 0.239 e. The van der Waals surface area contributed by atoms with E-state index in [1.54, 1.807) is 27.7 Å². The van der Waals surface area contributed by atoms with E-state index in [2.05, 4.69) is 5.32 Å². The predicted octanol–water partition coefficient (Wildman–Crippen LogP) is 0.0225. The molecule has 0 radical (unpaired) electrons. The van der Waals surface area contributed by atoms with Gasteiger partial charge in [-0.1, -0.05) is 20.8 Å². The largest absolute Gasteiger partial charge is 0.368 e. The summed E-state index contributed by atoms with van der Waals surface area (Å²) in [6.07, 6.45) is 0. The third kappa shape index (κ3) is 3.37. The van der Waals surface area contributed by atoms with E-state index in [1.165, 1.54) is 0 Å². The van der Waals surface area contributed by atoms with Gasteiger partial charge in [-0.3, -0.25) is 9.59 Å². The van der Waals surface area contributed by atoms with E-state index in [1.807, 2.05) is 0 Å². The minimum absolute atomic E-state index is 0.172. The Kier molecular flexibility index (Phi) is 3.24. The second kappa shape index (κ2) is 3.56. The van der Waals surface area contributed by atoms with Crippen LogP contribution >= 0.6 is 0 Å². The van der Waals surface area contributed by atoms with Gasteiger partial charge in [0.1, 0.15) is 6.04 Å². The summed E-state index contributed by atoms with van der Waals surface area (Å²) in [5.41, 5.74) is 4.49. The topological polar surface area (TPSA) is 72.2 Å². The molecule has 2 amide bonds. The fourth-order valence-electron chi connectivity index (χ4n) is 0.484. The molecule has 0 rings (SSSR count). The maximum Gasteiger partial charge on any atom is 0.239 e. The molecule has 0 saturated heterocycles. The van der Waals surface area contributed by atoms with Gasteiger partial charge in [0, 0.05) is 5.41 Å². The molecule has 0 aromatic carbocycles. The van der Waals surface area contributed by atoms with Crippen LogP contribution in [0.1, 0.15) is 27.7 Å². The highest BCUT2D eigenvalue weighted by molar-refractivity contribution is 5.88. The summed E-state index contributed by atoms with van der Waals surface area (Å²) in [5, 5.41) is 2.51. The van der Waals surface area contributed by atoms with Crippen molar-refractivity contribution in [2.24, 2.45) is 11.1 Å². The molecule has 0 spiro atoms. The first kappa shape index (κ1) is 10.9. The van der Waals surface area contributed by atoms with Crippen LogP contribution in [-0.4, -0.2) is 17.9 Å². The number of hydrogen-bond donors (Lipinski definition) is 2. The van der Waals surface area contributed by atoms with E-state index >= 15 is 0 Å². The minimum atomic E-state index is -0.600. The van der Waals surface area contributed by atoms with E-state index in [0.29, 0.717) is 0 Å². The lowest BCUT2D eigenvalue weighted by Gasteiger charge is -2.19. The van der Waals surface area contributed by atoms with Crippen LogP contribution in [0, 0.1) is 5.41 Å². The molecule has 0 aliphatic heterocycles. The van der Waals surface area contributed by atoms with Gasteiger partial charge in [0.2, 0.25) is 11.8 Å². The van der Waals surface area contributed by atoms with Crippen LogP contribution in [0.3, 0.4) is 0 Å². The second-order valence-electron chi connectivity index (χ2n) is 3.85. The van der Waals surface area contributed by atoms with E-state index in [0.717, 1.165) is 0 Å². The molecular weight excluding hydrogens is 156 g/mol. The molecule has 0 aromatic rings. The second-order valence-corrected chi connectivity index (χ2v) is 3.85. The van der Waals surface area contributed by atoms with Crippen LogP contribution in [-0.2, 0) is 9.59 Å². The molecule has 12 heavy (non-hydrogen) atoms. The zero-order chi connectivity index (χ0) is 9.94. The van der Waals surface area contributed by atoms with Crippen molar-refractivity contribution in [1.82, 2.24) is 5.32 Å². The van der Waals surface area contributed by atoms with Gasteiger partial charge in [-0.25, -0.2) is 0 Å². The van der Waals surface area contributed by atoms with E-state index in [9.17, 15) is 9.59 Å². The fraction of sp³-hybridized carbons (Fsp3) is 0.750. The average molecular weight is 172 g/mol. The Morgan fingerprint density at radius 2 is 1.75 bits per heavy atom. The minimum Gasteiger partial charge on any atom is -0.368 e. The molecule has 0 aliphatic carbocycles. The molecule has 0 aliphatic rings. The first-order valence-corrected chi connectivity index (χ1v) is 3.85. The quantitative estimate of drug-likeness (QED) is 0.616. The van der Waals surface area contributed by atoms with E-state index in [4.69, 9.17) is 5.73 Å². The maximum absolute atomic E-state index is 11.3. The maximum atomic E-state index is 11.3. The summed E-state index contributed by atoms with van der Waals surface area (Å²) >= 11 is 0. The van der Waals surface area contributed by atoms with Crippen molar-refractivity contribution in [3.63, 3.8) is 0 Å². The number of carbonyl (C=O) groups excluding carboxylic acids is 2. The molecule has 4 heteroatoms. The van der Waals surface area contributed by atoms with Gasteiger partial charge >= 0.3 is 0 Å². The van der Waals surface area contributed by atoms with Crippen molar-refractivity contribution in [3.05, 3.63) is 0 Å². The number of hydrogen-bond acceptors (Lipinski definition) is 2. The highest BCUT2D eigenvalue weighted by atomic mass is 16.2. The lowest BCUT2D eigenvalue weighted by molar-refractivity contribution is -0.132. The number of amides is 2. The van der Waals surface area contributed by atoms with Crippen molar-refractivity contribution in [1.29, 1.82) is 0 Å². The zero-order valence-electron chi connectivity index (χ0n) is 7.97. The number of nitrogens with one attached hydrogen (secondary N) is 1. The predicted molar refractivity (Wildman–Crippen MR) is 46.3 cm³/mol. The van der Waals surface area contributed by atoms with Crippen molar-refractivity contribution in [3.8, 4) is 0 Å². The Morgan fingerprint density at radius 3 is 2.00 bits per heavy atom. The molecule has 3 N–H and O–H groups in total. The summed E-state index contributed by atoms with van der Waals surface area (Å²) in [7, 11) is 0. The van der Waals surface area contributed by atoms with Crippen LogP contribution in [0.5, 0.6) is 0 Å². The van der Waals surface area contributed by atoms with Crippen LogP contribution in [0.25, 0.3) is 0 Å². The van der Waals surface area contributed by atoms with Crippen molar-refractivity contribution >= 4 is 11.8 Å². The molecule has 0 bridgehead atoms. The van der Waals surface area contributed by atoms with Crippen molar-refractivity contribution < 1.29 is 9.59 Å². The third-order valence-corrected chi connectivity index (χ3v) is 1.46. The highest BCUT2D eigenvalue weighted by Gasteiger charge is 2.23. The Hall–Kier alpha value is -1.06. The number of primary amides is 1. The van der Waals surface area contributed by atoms with Gasteiger partial charge in [0.15, 0.2) is 0 Å². The summed E-state index contributed by atoms with van der Waals surface area (Å²) in [4.78, 5) is 21.8. The van der Waals surface area contributed by atoms with Gasteiger partial charge in [-0.05, 0) is 6.92 Å². The fourth-order valence-corrected chi connectivity index (χ4v) is 0.484. The Morgan fingerprint density at radius 1 is 1.33 bits per heavy atom. The first-order chi connectivity index (χ1) is 5.25. The molecule has 4 nitrogen and oxygen atoms in total. The molecule has 0 aromatic heterocycles. The lowest BCUT2D eigenvalue weighted by atomic mass is 9.95. The Balaban J connectivity index is 4.11. The van der Waals surface area contributed by atoms with Gasteiger partial charge in [-0.2, -0.15) is 0 Å². The molecule has 0 unspecified atom stereocenters. The van der Waals surface area contributed by atoms with Crippen molar-refractivity contribution in [2.45, 2.75) is 33.7 Å². The van der Waals surface area contributed by atoms with Gasteiger partial charge in [0.05, 0.1) is 0 Å². The van der Waals surface area contributed by atoms with Gasteiger partial charge in [-0.15, -0.1) is 0 Å². The standard InChI is InChI=1S/C8H16N2O2/c1-5(6(9)11)10-7(12)8(2,3)4/h5H,1-4H3,(H2,9,11)(H,10,12)/t5-/m0/s1. The first-order valence-electron chi connectivity index (χ1n) is 3.85. The average Bonchev–Trinajstić information content (AvgIpc) is 1.85. The Labute approximate surface area is 72.5 Å². The van der Waals surface area contributed by atoms with E-state index in [-0.39, 0.29) is 5.91 Å². The summed E-state index contributed by atoms with van der Waals surface area (Å²) in [6, 6.07) is -0.600. The van der Waals surface area contributed by atoms with Gasteiger partial charge < -0.3 is 11.1 Å². The molecule has 0 heterocycles. The summed E-state index contributed by atoms with van der Waals surface area (Å²) in [6.45, 7) is 6.88. The van der Waals surface area contributed by atoms with Gasteiger partial charge in [0.25, 0.3) is 0 Å². The normalized spacial score (nSPS) is 13.7. The molecule has 0 fully saturated rings. The van der Waals surface area contributed by atoms with Crippen LogP contribution in [0.15, 0.2) is 0 Å². The molecule has 0 saturated carbocycles. The molecular formula is C8H16N2O2. The number of rotatable bonds is 2. The van der Waals surface area contributed by atoms with E-state index < -0.39 is 17.4 Å². The summed E-state index contributed by atoms with van der Waals surface area (Å²) < 4.78 is 0. The van der Waals surface area contributed by atoms with Crippen LogP contribution < -0.4 is 11.1 Å². The Bertz CT molecular complexity index is 194. The zero-order valence-corrected chi connectivity index (χ0v) is 7.97. The highest BCUT2D eigenvalue weighted by Crippen LogP contribution is 2.12. The van der Waals surface area contributed by atoms with Crippen molar-refractivity contribution in [2.75, 3.05) is 0 Å². The number of carbonyl (C=O) groups is 2.